The van der Waals surface area contributed by atoms with Crippen LogP contribution in [-0.4, -0.2) is 84.0 Å². The number of pyridine rings is 1. The number of hydrogen-bond donors (Lipinski definition) is 3. The van der Waals surface area contributed by atoms with Gasteiger partial charge in [0.15, 0.2) is 0 Å². The number of benzene rings is 2. The van der Waals surface area contributed by atoms with E-state index in [1.807, 2.05) is 24.3 Å². The third kappa shape index (κ3) is 6.18. The Hall–Kier alpha value is -2.85. The molecule has 1 saturated heterocycles. The predicted octanol–water partition coefficient (Wildman–Crippen LogP) is 2.65. The number of halogens is 2. The molecule has 9 heteroatoms. The van der Waals surface area contributed by atoms with Crippen LogP contribution in [0.15, 0.2) is 48.7 Å². The molecule has 3 aromatic rings. The molecule has 2 heterocycles. The monoisotopic (exact) mass is 472 g/mol. The van der Waals surface area contributed by atoms with Crippen molar-refractivity contribution in [2.45, 2.75) is 12.2 Å². The number of β-amino-alcohol motifs (C(OH)–C–C–N with tert-alkyl or cyclic N) is 2. The van der Waals surface area contributed by atoms with Crippen LogP contribution in [0.5, 0.6) is 5.75 Å². The second-order valence-electron chi connectivity index (χ2n) is 8.59. The molecule has 182 valence electrons. The van der Waals surface area contributed by atoms with E-state index < -0.39 is 23.8 Å². The van der Waals surface area contributed by atoms with E-state index in [4.69, 9.17) is 4.74 Å². The van der Waals surface area contributed by atoms with Crippen molar-refractivity contribution in [2.24, 2.45) is 0 Å². The number of aliphatic hydroxyl groups is 2. The molecule has 0 radical (unpaired) electrons. The molecule has 2 atom stereocenters. The number of aliphatic hydroxyl groups excluding tert-OH is 2. The molecule has 1 unspecified atom stereocenters. The number of nitrogens with zero attached hydrogens (tertiary/aromatic N) is 3. The maximum Gasteiger partial charge on any atom is 0.128 e. The van der Waals surface area contributed by atoms with Gasteiger partial charge in [0.1, 0.15) is 17.4 Å². The first-order chi connectivity index (χ1) is 16.4. The zero-order valence-electron chi connectivity index (χ0n) is 19.1. The molecule has 2 aromatic carbocycles. The third-order valence-electron chi connectivity index (χ3n) is 6.11. The number of methoxy groups -OCH3 is 1. The lowest BCUT2D eigenvalue weighted by Crippen LogP contribution is -2.50. The first-order valence-electron chi connectivity index (χ1n) is 11.3. The molecule has 0 amide bonds. The van der Waals surface area contributed by atoms with Crippen LogP contribution in [0.25, 0.3) is 10.9 Å². The molecule has 0 aliphatic carbocycles. The minimum atomic E-state index is -0.679. The molecule has 3 N–H and O–H groups in total. The van der Waals surface area contributed by atoms with E-state index in [1.165, 1.54) is 12.1 Å². The maximum atomic E-state index is 13.3. The van der Waals surface area contributed by atoms with Crippen molar-refractivity contribution in [3.05, 3.63) is 65.9 Å². The van der Waals surface area contributed by atoms with Crippen LogP contribution in [0, 0.1) is 11.6 Å². The molecule has 4 rings (SSSR count). The Morgan fingerprint density at radius 2 is 1.65 bits per heavy atom. The molecular formula is C25H30F2N4O3. The van der Waals surface area contributed by atoms with Gasteiger partial charge in [0.05, 0.1) is 24.8 Å². The molecule has 7 nitrogen and oxygen atoms in total. The largest absolute Gasteiger partial charge is 0.497 e. The number of rotatable bonds is 9. The minimum Gasteiger partial charge on any atom is -0.497 e. The van der Waals surface area contributed by atoms with Crippen molar-refractivity contribution >= 4 is 16.6 Å². The molecule has 1 aliphatic rings. The molecular weight excluding hydrogens is 442 g/mol. The molecule has 0 saturated carbocycles. The van der Waals surface area contributed by atoms with Gasteiger partial charge in [-0.2, -0.15) is 0 Å². The highest BCUT2D eigenvalue weighted by atomic mass is 19.1. The topological polar surface area (TPSA) is 81.1 Å². The van der Waals surface area contributed by atoms with Gasteiger partial charge >= 0.3 is 0 Å². The van der Waals surface area contributed by atoms with Gasteiger partial charge < -0.3 is 20.3 Å². The molecule has 0 spiro atoms. The fraction of sp³-hybridized carbons (Fsp3) is 0.400. The first-order valence-corrected chi connectivity index (χ1v) is 11.3. The number of fused-ring (bicyclic) bond motifs is 1. The lowest BCUT2D eigenvalue weighted by Gasteiger charge is -2.36. The normalized spacial score (nSPS) is 17.0. The van der Waals surface area contributed by atoms with E-state index >= 15 is 0 Å². The fourth-order valence-corrected chi connectivity index (χ4v) is 4.32. The highest BCUT2D eigenvalue weighted by Gasteiger charge is 2.22. The SMILES string of the molecule is COc1ccc2nccc([C@@H](O)CN3CCN(CC(O)CNc4cc(F)cc(F)c4)CC3)c2c1. The Morgan fingerprint density at radius 1 is 0.971 bits per heavy atom. The summed E-state index contributed by atoms with van der Waals surface area (Å²) in [6.07, 6.45) is 0.367. The van der Waals surface area contributed by atoms with E-state index in [-0.39, 0.29) is 6.54 Å². The number of anilines is 1. The van der Waals surface area contributed by atoms with E-state index in [2.05, 4.69) is 20.1 Å². The Labute approximate surface area is 197 Å². The fourth-order valence-electron chi connectivity index (χ4n) is 4.32. The van der Waals surface area contributed by atoms with Crippen LogP contribution < -0.4 is 10.1 Å². The van der Waals surface area contributed by atoms with E-state index in [0.29, 0.717) is 18.8 Å². The summed E-state index contributed by atoms with van der Waals surface area (Å²) in [6.45, 7) is 4.18. The average molecular weight is 473 g/mol. The standard InChI is InChI=1S/C25H30F2N4O3/c1-34-21-2-3-24-23(13-21)22(4-5-28-24)25(33)16-31-8-6-30(7-9-31)15-20(32)14-29-19-11-17(26)10-18(27)12-19/h2-5,10-13,20,25,29,32-33H,6-9,14-16H2,1H3/t20?,25-/m0/s1. The van der Waals surface area contributed by atoms with Crippen molar-refractivity contribution in [3.8, 4) is 5.75 Å². The number of aromatic nitrogens is 1. The van der Waals surface area contributed by atoms with Crippen LogP contribution >= 0.6 is 0 Å². The van der Waals surface area contributed by atoms with E-state index in [9.17, 15) is 19.0 Å². The molecule has 1 aliphatic heterocycles. The zero-order chi connectivity index (χ0) is 24.1. The third-order valence-corrected chi connectivity index (χ3v) is 6.11. The second-order valence-corrected chi connectivity index (χ2v) is 8.59. The van der Waals surface area contributed by atoms with Crippen molar-refractivity contribution in [3.63, 3.8) is 0 Å². The summed E-state index contributed by atoms with van der Waals surface area (Å²) in [5.41, 5.74) is 1.93. The minimum absolute atomic E-state index is 0.195. The van der Waals surface area contributed by atoms with Gasteiger partial charge in [-0.25, -0.2) is 8.78 Å². The van der Waals surface area contributed by atoms with Crippen molar-refractivity contribution < 1.29 is 23.7 Å². The summed E-state index contributed by atoms with van der Waals surface area (Å²) in [6, 6.07) is 10.7. The number of nitrogens with one attached hydrogen (secondary N) is 1. The lowest BCUT2D eigenvalue weighted by atomic mass is 10.0. The van der Waals surface area contributed by atoms with Gasteiger partial charge in [-0.1, -0.05) is 0 Å². The Kier molecular flexibility index (Phi) is 7.89. The van der Waals surface area contributed by atoms with Crippen molar-refractivity contribution in [1.29, 1.82) is 0 Å². The van der Waals surface area contributed by atoms with Crippen molar-refractivity contribution in [2.75, 3.05) is 58.2 Å². The average Bonchev–Trinajstić information content (AvgIpc) is 2.82. The summed E-state index contributed by atoms with van der Waals surface area (Å²) in [5.74, 6) is -0.596. The Morgan fingerprint density at radius 3 is 2.32 bits per heavy atom. The van der Waals surface area contributed by atoms with Crippen LogP contribution in [0.2, 0.25) is 0 Å². The summed E-state index contributed by atoms with van der Waals surface area (Å²) in [7, 11) is 1.61. The molecule has 1 fully saturated rings. The van der Waals surface area contributed by atoms with Gasteiger partial charge in [-0.05, 0) is 42.0 Å². The van der Waals surface area contributed by atoms with E-state index in [1.54, 1.807) is 13.3 Å². The predicted molar refractivity (Wildman–Crippen MR) is 127 cm³/mol. The molecule has 1 aromatic heterocycles. The zero-order valence-corrected chi connectivity index (χ0v) is 19.1. The summed E-state index contributed by atoms with van der Waals surface area (Å²) >= 11 is 0. The van der Waals surface area contributed by atoms with Crippen LogP contribution in [0.3, 0.4) is 0 Å². The molecule has 0 bridgehead atoms. The first kappa shape index (κ1) is 24.3. The van der Waals surface area contributed by atoms with Gasteiger partial charge in [-0.3, -0.25) is 14.8 Å². The Balaban J connectivity index is 1.26. The molecule has 34 heavy (non-hydrogen) atoms. The van der Waals surface area contributed by atoms with Crippen LogP contribution in [0.4, 0.5) is 14.5 Å². The van der Waals surface area contributed by atoms with Gasteiger partial charge in [0.2, 0.25) is 0 Å². The number of ether oxygens (including phenoxy) is 1. The summed E-state index contributed by atoms with van der Waals surface area (Å²) in [5, 5.41) is 25.0. The van der Waals surface area contributed by atoms with Crippen LogP contribution in [0.1, 0.15) is 11.7 Å². The van der Waals surface area contributed by atoms with Gasteiger partial charge in [0.25, 0.3) is 0 Å². The maximum absolute atomic E-state index is 13.3. The quantitative estimate of drug-likeness (QED) is 0.442. The Bertz CT molecular complexity index is 1090. The second kappa shape index (κ2) is 11.1. The highest BCUT2D eigenvalue weighted by molar-refractivity contribution is 5.83. The number of hydrogen-bond acceptors (Lipinski definition) is 7. The summed E-state index contributed by atoms with van der Waals surface area (Å²) < 4.78 is 31.9. The van der Waals surface area contributed by atoms with Gasteiger partial charge in [-0.15, -0.1) is 0 Å². The smallest absolute Gasteiger partial charge is 0.128 e. The van der Waals surface area contributed by atoms with Crippen LogP contribution in [-0.2, 0) is 0 Å². The number of piperazine rings is 1. The highest BCUT2D eigenvalue weighted by Crippen LogP contribution is 2.27. The summed E-state index contributed by atoms with van der Waals surface area (Å²) in [4.78, 5) is 8.72. The van der Waals surface area contributed by atoms with Gasteiger partial charge in [0, 0.05) is 69.2 Å². The lowest BCUT2D eigenvalue weighted by molar-refractivity contribution is 0.0518. The van der Waals surface area contributed by atoms with Crippen molar-refractivity contribution in [1.82, 2.24) is 14.8 Å². The van der Waals surface area contributed by atoms with E-state index in [0.717, 1.165) is 54.5 Å².